The maximum Gasteiger partial charge on any atom is 0.225 e. The van der Waals surface area contributed by atoms with Gasteiger partial charge in [-0.05, 0) is 50.4 Å². The first-order valence-corrected chi connectivity index (χ1v) is 10.1. The minimum absolute atomic E-state index is 0.0983. The van der Waals surface area contributed by atoms with Crippen molar-refractivity contribution >= 4 is 11.8 Å². The summed E-state index contributed by atoms with van der Waals surface area (Å²) in [6.07, 6.45) is 7.78. The van der Waals surface area contributed by atoms with Crippen molar-refractivity contribution in [1.29, 1.82) is 0 Å². The molecule has 2 bridgehead atoms. The molecular weight excluding hydrogens is 314 g/mol. The lowest BCUT2D eigenvalue weighted by atomic mass is 9.88. The normalized spacial score (nSPS) is 32.5. The fourth-order valence-electron chi connectivity index (χ4n) is 4.68. The summed E-state index contributed by atoms with van der Waals surface area (Å²) < 4.78 is 0. The van der Waals surface area contributed by atoms with Gasteiger partial charge in [0.05, 0.1) is 0 Å². The number of rotatable bonds is 4. The molecule has 3 saturated heterocycles. The zero-order valence-corrected chi connectivity index (χ0v) is 16.1. The minimum Gasteiger partial charge on any atom is -0.355 e. The van der Waals surface area contributed by atoms with Crippen molar-refractivity contribution in [2.75, 3.05) is 19.6 Å². The Morgan fingerprint density at radius 1 is 1.08 bits per heavy atom. The van der Waals surface area contributed by atoms with Crippen molar-refractivity contribution < 1.29 is 9.59 Å². The first kappa shape index (κ1) is 18.7. The number of hydrogen-bond acceptors (Lipinski definition) is 3. The number of nitrogens with one attached hydrogen (secondary N) is 2. The summed E-state index contributed by atoms with van der Waals surface area (Å²) in [6.45, 7) is 8.19. The number of hydrogen-bond donors (Lipinski definition) is 2. The molecule has 3 aliphatic rings. The molecule has 3 heterocycles. The zero-order chi connectivity index (χ0) is 18.0. The van der Waals surface area contributed by atoms with E-state index >= 15 is 0 Å². The van der Waals surface area contributed by atoms with Gasteiger partial charge in [-0.3, -0.25) is 9.59 Å². The van der Waals surface area contributed by atoms with E-state index in [9.17, 15) is 9.59 Å². The third-order valence-electron chi connectivity index (χ3n) is 6.14. The van der Waals surface area contributed by atoms with Gasteiger partial charge in [0.1, 0.15) is 0 Å². The van der Waals surface area contributed by atoms with Crippen LogP contribution in [0.1, 0.15) is 65.7 Å². The first-order valence-electron chi connectivity index (χ1n) is 10.1. The Kier molecular flexibility index (Phi) is 5.71. The summed E-state index contributed by atoms with van der Waals surface area (Å²) in [4.78, 5) is 26.9. The van der Waals surface area contributed by atoms with E-state index in [4.69, 9.17) is 0 Å². The maximum atomic E-state index is 12.8. The SMILES string of the molecule is CC(C)(C)C(=O)NCC1CCCN(C(=O)CC2CC3CCC(C2)N3)C1. The van der Waals surface area contributed by atoms with Crippen molar-refractivity contribution in [2.24, 2.45) is 17.3 Å². The Balaban J connectivity index is 1.44. The Labute approximate surface area is 152 Å². The third kappa shape index (κ3) is 4.96. The number of fused-ring (bicyclic) bond motifs is 2. The number of amides is 2. The summed E-state index contributed by atoms with van der Waals surface area (Å²) in [5.74, 6) is 1.39. The topological polar surface area (TPSA) is 61.4 Å². The summed E-state index contributed by atoms with van der Waals surface area (Å²) in [5, 5.41) is 6.72. The fourth-order valence-corrected chi connectivity index (χ4v) is 4.68. The minimum atomic E-state index is -0.349. The standard InChI is InChI=1S/C20H35N3O2/c1-20(2,3)19(25)21-12-14-5-4-8-23(13-14)18(24)11-15-9-16-6-7-17(10-15)22-16/h14-17,22H,4-13H2,1-3H3,(H,21,25). The van der Waals surface area contributed by atoms with Crippen LogP contribution < -0.4 is 10.6 Å². The quantitative estimate of drug-likeness (QED) is 0.819. The first-order chi connectivity index (χ1) is 11.8. The molecular formula is C20H35N3O2. The molecule has 5 heteroatoms. The number of carbonyl (C=O) groups is 2. The van der Waals surface area contributed by atoms with Gasteiger partial charge in [0.2, 0.25) is 11.8 Å². The Morgan fingerprint density at radius 2 is 1.76 bits per heavy atom. The lowest BCUT2D eigenvalue weighted by Gasteiger charge is -2.35. The fraction of sp³-hybridized carbons (Fsp3) is 0.900. The molecule has 2 N–H and O–H groups in total. The van der Waals surface area contributed by atoms with Crippen LogP contribution >= 0.6 is 0 Å². The van der Waals surface area contributed by atoms with Crippen LogP contribution in [0.2, 0.25) is 0 Å². The van der Waals surface area contributed by atoms with E-state index < -0.39 is 0 Å². The predicted octanol–water partition coefficient (Wildman–Crippen LogP) is 2.31. The molecule has 0 aromatic heterocycles. The zero-order valence-electron chi connectivity index (χ0n) is 16.1. The Hall–Kier alpha value is -1.10. The smallest absolute Gasteiger partial charge is 0.225 e. The van der Waals surface area contributed by atoms with Crippen LogP contribution in [-0.2, 0) is 9.59 Å². The van der Waals surface area contributed by atoms with E-state index in [0.29, 0.717) is 36.4 Å². The number of nitrogens with zero attached hydrogens (tertiary/aromatic N) is 1. The van der Waals surface area contributed by atoms with Crippen LogP contribution in [0, 0.1) is 17.3 Å². The second-order valence-corrected chi connectivity index (χ2v) is 9.49. The van der Waals surface area contributed by atoms with E-state index in [2.05, 4.69) is 15.5 Å². The summed E-state index contributed by atoms with van der Waals surface area (Å²) in [7, 11) is 0. The van der Waals surface area contributed by atoms with Crippen molar-refractivity contribution in [3.63, 3.8) is 0 Å². The highest BCUT2D eigenvalue weighted by Gasteiger charge is 2.35. The number of piperidine rings is 2. The highest BCUT2D eigenvalue weighted by atomic mass is 16.2. The molecule has 0 radical (unpaired) electrons. The molecule has 3 fully saturated rings. The van der Waals surface area contributed by atoms with Gasteiger partial charge in [-0.1, -0.05) is 20.8 Å². The molecule has 0 aromatic carbocycles. The van der Waals surface area contributed by atoms with E-state index in [-0.39, 0.29) is 11.3 Å². The van der Waals surface area contributed by atoms with E-state index in [1.54, 1.807) is 0 Å². The van der Waals surface area contributed by atoms with E-state index in [0.717, 1.165) is 32.4 Å². The van der Waals surface area contributed by atoms with Crippen LogP contribution in [0.15, 0.2) is 0 Å². The molecule has 2 amide bonds. The molecule has 0 saturated carbocycles. The van der Waals surface area contributed by atoms with E-state index in [1.807, 2.05) is 20.8 Å². The predicted molar refractivity (Wildman–Crippen MR) is 99.1 cm³/mol. The second kappa shape index (κ2) is 7.65. The van der Waals surface area contributed by atoms with E-state index in [1.165, 1.54) is 25.7 Å². The van der Waals surface area contributed by atoms with Gasteiger partial charge in [0, 0.05) is 43.6 Å². The Bertz CT molecular complexity index is 488. The summed E-state index contributed by atoms with van der Waals surface area (Å²) in [6, 6.07) is 1.30. The largest absolute Gasteiger partial charge is 0.355 e. The lowest BCUT2D eigenvalue weighted by Crippen LogP contribution is -2.46. The van der Waals surface area contributed by atoms with Crippen LogP contribution in [-0.4, -0.2) is 48.4 Å². The van der Waals surface area contributed by atoms with Gasteiger partial charge in [0.25, 0.3) is 0 Å². The monoisotopic (exact) mass is 349 g/mol. The van der Waals surface area contributed by atoms with Gasteiger partial charge < -0.3 is 15.5 Å². The summed E-state index contributed by atoms with van der Waals surface area (Å²) in [5.41, 5.74) is -0.349. The molecule has 0 spiro atoms. The lowest BCUT2D eigenvalue weighted by molar-refractivity contribution is -0.134. The molecule has 3 atom stereocenters. The van der Waals surface area contributed by atoms with Gasteiger partial charge in [-0.15, -0.1) is 0 Å². The van der Waals surface area contributed by atoms with Crippen LogP contribution in [0.25, 0.3) is 0 Å². The Morgan fingerprint density at radius 3 is 2.40 bits per heavy atom. The molecule has 25 heavy (non-hydrogen) atoms. The third-order valence-corrected chi connectivity index (χ3v) is 6.14. The van der Waals surface area contributed by atoms with Crippen molar-refractivity contribution in [2.45, 2.75) is 77.8 Å². The van der Waals surface area contributed by atoms with Crippen molar-refractivity contribution in [3.05, 3.63) is 0 Å². The van der Waals surface area contributed by atoms with Crippen molar-refractivity contribution in [3.8, 4) is 0 Å². The van der Waals surface area contributed by atoms with Crippen molar-refractivity contribution in [1.82, 2.24) is 15.5 Å². The average Bonchev–Trinajstić information content (AvgIpc) is 2.90. The van der Waals surface area contributed by atoms with Crippen LogP contribution in [0.3, 0.4) is 0 Å². The molecule has 5 nitrogen and oxygen atoms in total. The van der Waals surface area contributed by atoms with Gasteiger partial charge in [0.15, 0.2) is 0 Å². The molecule has 3 unspecified atom stereocenters. The molecule has 0 aromatic rings. The van der Waals surface area contributed by atoms with Gasteiger partial charge in [-0.2, -0.15) is 0 Å². The van der Waals surface area contributed by atoms with Crippen LogP contribution in [0.4, 0.5) is 0 Å². The molecule has 142 valence electrons. The average molecular weight is 350 g/mol. The highest BCUT2D eigenvalue weighted by Crippen LogP contribution is 2.33. The second-order valence-electron chi connectivity index (χ2n) is 9.49. The van der Waals surface area contributed by atoms with Gasteiger partial charge in [-0.25, -0.2) is 0 Å². The summed E-state index contributed by atoms with van der Waals surface area (Å²) >= 11 is 0. The molecule has 3 aliphatic heterocycles. The molecule has 0 aliphatic carbocycles. The highest BCUT2D eigenvalue weighted by molar-refractivity contribution is 5.81. The molecule has 3 rings (SSSR count). The number of likely N-dealkylation sites (tertiary alicyclic amines) is 1. The van der Waals surface area contributed by atoms with Gasteiger partial charge >= 0.3 is 0 Å². The number of carbonyl (C=O) groups excluding carboxylic acids is 2. The van der Waals surface area contributed by atoms with Crippen LogP contribution in [0.5, 0.6) is 0 Å². The maximum absolute atomic E-state index is 12.8.